The summed E-state index contributed by atoms with van der Waals surface area (Å²) in [5.74, 6) is 0.907. The maximum Gasteiger partial charge on any atom is 0.226 e. The zero-order valence-electron chi connectivity index (χ0n) is 14.2. The monoisotopic (exact) mass is 346 g/mol. The van der Waals surface area contributed by atoms with Gasteiger partial charge in [0.15, 0.2) is 0 Å². The Bertz CT molecular complexity index is 695. The van der Waals surface area contributed by atoms with Gasteiger partial charge in [0, 0.05) is 31.6 Å². The average Bonchev–Trinajstić information content (AvgIpc) is 3.25. The smallest absolute Gasteiger partial charge is 0.226 e. The van der Waals surface area contributed by atoms with Gasteiger partial charge in [0.2, 0.25) is 5.91 Å². The van der Waals surface area contributed by atoms with Gasteiger partial charge in [-0.3, -0.25) is 4.79 Å². The normalized spacial score (nSPS) is 16.9. The highest BCUT2D eigenvalue weighted by atomic mass is 19.1. The molecule has 1 atom stereocenters. The minimum atomic E-state index is -0.213. The van der Waals surface area contributed by atoms with Gasteiger partial charge in [0.05, 0.1) is 18.7 Å². The first kappa shape index (κ1) is 17.6. The number of rotatable bonds is 8. The minimum Gasteiger partial charge on any atom is -0.381 e. The van der Waals surface area contributed by atoms with E-state index in [9.17, 15) is 9.18 Å². The van der Waals surface area contributed by atoms with Crippen LogP contribution in [-0.4, -0.2) is 30.8 Å². The summed E-state index contributed by atoms with van der Waals surface area (Å²) < 4.78 is 23.7. The second-order valence-corrected chi connectivity index (χ2v) is 6.48. The number of benzene rings is 1. The maximum atomic E-state index is 13.1. The quantitative estimate of drug-likeness (QED) is 0.798. The number of halogens is 1. The highest BCUT2D eigenvalue weighted by molar-refractivity contribution is 5.78. The van der Waals surface area contributed by atoms with Crippen molar-refractivity contribution in [3.8, 4) is 0 Å². The first-order chi connectivity index (χ1) is 12.2. The van der Waals surface area contributed by atoms with Crippen LogP contribution in [0.25, 0.3) is 0 Å². The number of carbonyl (C=O) groups is 1. The van der Waals surface area contributed by atoms with Crippen molar-refractivity contribution in [2.24, 2.45) is 5.92 Å². The van der Waals surface area contributed by atoms with Crippen molar-refractivity contribution in [1.82, 2.24) is 10.5 Å². The Kier molecular flexibility index (Phi) is 6.17. The third-order valence-electron chi connectivity index (χ3n) is 4.34. The minimum absolute atomic E-state index is 0.0495. The van der Waals surface area contributed by atoms with Gasteiger partial charge in [0.25, 0.3) is 0 Å². The molecule has 2 heterocycles. The topological polar surface area (TPSA) is 64.4 Å². The summed E-state index contributed by atoms with van der Waals surface area (Å²) in [5.41, 5.74) is 1.61. The van der Waals surface area contributed by atoms with E-state index in [-0.39, 0.29) is 18.1 Å². The third kappa shape index (κ3) is 5.67. The predicted octanol–water partition coefficient (Wildman–Crippen LogP) is 2.68. The number of hydrogen-bond acceptors (Lipinski definition) is 4. The summed E-state index contributed by atoms with van der Waals surface area (Å²) in [7, 11) is 0. The first-order valence-corrected chi connectivity index (χ1v) is 8.72. The lowest BCUT2D eigenvalue weighted by molar-refractivity contribution is -0.120. The van der Waals surface area contributed by atoms with E-state index in [0.29, 0.717) is 24.6 Å². The Morgan fingerprint density at radius 3 is 3.04 bits per heavy atom. The van der Waals surface area contributed by atoms with Crippen LogP contribution in [0.5, 0.6) is 0 Å². The van der Waals surface area contributed by atoms with Crippen molar-refractivity contribution in [3.05, 3.63) is 53.2 Å². The number of nitrogens with one attached hydrogen (secondary N) is 1. The van der Waals surface area contributed by atoms with Crippen molar-refractivity contribution < 1.29 is 18.4 Å². The molecule has 1 saturated heterocycles. The van der Waals surface area contributed by atoms with Gasteiger partial charge >= 0.3 is 0 Å². The molecule has 2 aromatic rings. The van der Waals surface area contributed by atoms with Crippen LogP contribution in [-0.2, 0) is 28.8 Å². The molecule has 0 aliphatic carbocycles. The number of amides is 1. The van der Waals surface area contributed by atoms with E-state index in [0.717, 1.165) is 43.8 Å². The molecule has 5 nitrogen and oxygen atoms in total. The number of aryl methyl sites for hydroxylation is 2. The average molecular weight is 346 g/mol. The van der Waals surface area contributed by atoms with E-state index >= 15 is 0 Å². The molecule has 3 rings (SSSR count). The van der Waals surface area contributed by atoms with Crippen molar-refractivity contribution in [1.29, 1.82) is 0 Å². The lowest BCUT2D eigenvalue weighted by atomic mass is 10.1. The molecule has 1 N–H and O–H groups in total. The van der Waals surface area contributed by atoms with Crippen molar-refractivity contribution in [2.75, 3.05) is 19.8 Å². The summed E-state index contributed by atoms with van der Waals surface area (Å²) >= 11 is 0. The van der Waals surface area contributed by atoms with Crippen LogP contribution < -0.4 is 5.32 Å². The highest BCUT2D eigenvalue weighted by Gasteiger charge is 2.17. The lowest BCUT2D eigenvalue weighted by Crippen LogP contribution is -2.30. The van der Waals surface area contributed by atoms with Crippen LogP contribution in [0.1, 0.15) is 29.9 Å². The number of nitrogens with zero attached hydrogens (tertiary/aromatic N) is 1. The fourth-order valence-corrected chi connectivity index (χ4v) is 2.95. The van der Waals surface area contributed by atoms with Crippen molar-refractivity contribution in [3.63, 3.8) is 0 Å². The van der Waals surface area contributed by atoms with E-state index in [4.69, 9.17) is 9.26 Å². The van der Waals surface area contributed by atoms with Crippen molar-refractivity contribution in [2.45, 2.75) is 32.1 Å². The Morgan fingerprint density at radius 1 is 1.32 bits per heavy atom. The fourth-order valence-electron chi connectivity index (χ4n) is 2.95. The summed E-state index contributed by atoms with van der Waals surface area (Å²) in [6.45, 7) is 2.15. The van der Waals surface area contributed by atoms with Gasteiger partial charge in [0.1, 0.15) is 11.6 Å². The Labute approximate surface area is 146 Å². The molecular formula is C19H23FN2O3. The molecule has 0 bridgehead atoms. The van der Waals surface area contributed by atoms with Gasteiger partial charge in [-0.05, 0) is 37.0 Å². The van der Waals surface area contributed by atoms with Crippen LogP contribution in [0, 0.1) is 11.7 Å². The molecule has 0 saturated carbocycles. The standard InChI is InChI=1S/C19H23FN2O3/c20-16-5-1-3-14(9-16)4-2-6-18-10-17(22-25-18)11-19(23)21-12-15-7-8-24-13-15/h1,3,5,9-10,15H,2,4,6-8,11-13H2,(H,21,23). The molecule has 134 valence electrons. The van der Waals surface area contributed by atoms with E-state index in [1.807, 2.05) is 12.1 Å². The van der Waals surface area contributed by atoms with E-state index < -0.39 is 0 Å². The number of carbonyl (C=O) groups excluding carboxylic acids is 1. The van der Waals surface area contributed by atoms with Gasteiger partial charge < -0.3 is 14.6 Å². The number of aromatic nitrogens is 1. The Morgan fingerprint density at radius 2 is 2.24 bits per heavy atom. The van der Waals surface area contributed by atoms with Crippen LogP contribution in [0.15, 0.2) is 34.9 Å². The summed E-state index contributed by atoms with van der Waals surface area (Å²) in [4.78, 5) is 11.9. The summed E-state index contributed by atoms with van der Waals surface area (Å²) in [6, 6.07) is 8.44. The Balaban J connectivity index is 1.38. The van der Waals surface area contributed by atoms with Gasteiger partial charge in [-0.1, -0.05) is 17.3 Å². The van der Waals surface area contributed by atoms with Crippen LogP contribution >= 0.6 is 0 Å². The van der Waals surface area contributed by atoms with Crippen LogP contribution in [0.2, 0.25) is 0 Å². The summed E-state index contributed by atoms with van der Waals surface area (Å²) in [6.07, 6.45) is 3.55. The molecule has 25 heavy (non-hydrogen) atoms. The molecule has 1 aromatic carbocycles. The van der Waals surface area contributed by atoms with Crippen molar-refractivity contribution >= 4 is 5.91 Å². The fraction of sp³-hybridized carbons (Fsp3) is 0.474. The third-order valence-corrected chi connectivity index (χ3v) is 4.34. The van der Waals surface area contributed by atoms with Gasteiger partial charge in [-0.15, -0.1) is 0 Å². The number of hydrogen-bond donors (Lipinski definition) is 1. The molecule has 1 fully saturated rings. The van der Waals surface area contributed by atoms with E-state index in [1.165, 1.54) is 6.07 Å². The predicted molar refractivity (Wildman–Crippen MR) is 90.6 cm³/mol. The largest absolute Gasteiger partial charge is 0.381 e. The highest BCUT2D eigenvalue weighted by Crippen LogP contribution is 2.12. The zero-order valence-corrected chi connectivity index (χ0v) is 14.2. The molecule has 1 unspecified atom stereocenters. The zero-order chi connectivity index (χ0) is 17.5. The first-order valence-electron chi connectivity index (χ1n) is 8.72. The molecule has 1 aliphatic rings. The second kappa shape index (κ2) is 8.76. The lowest BCUT2D eigenvalue weighted by Gasteiger charge is -2.08. The van der Waals surface area contributed by atoms with Gasteiger partial charge in [-0.2, -0.15) is 0 Å². The molecule has 1 aliphatic heterocycles. The molecular weight excluding hydrogens is 323 g/mol. The second-order valence-electron chi connectivity index (χ2n) is 6.48. The molecule has 1 aromatic heterocycles. The molecule has 6 heteroatoms. The van der Waals surface area contributed by atoms with E-state index in [1.54, 1.807) is 12.1 Å². The Hall–Kier alpha value is -2.21. The molecule has 0 spiro atoms. The van der Waals surface area contributed by atoms with Crippen LogP contribution in [0.4, 0.5) is 4.39 Å². The SMILES string of the molecule is O=C(Cc1cc(CCCc2cccc(F)c2)on1)NCC1CCOC1. The van der Waals surface area contributed by atoms with Crippen LogP contribution in [0.3, 0.4) is 0 Å². The number of ether oxygens (including phenoxy) is 1. The molecule has 0 radical (unpaired) electrons. The van der Waals surface area contributed by atoms with E-state index in [2.05, 4.69) is 10.5 Å². The summed E-state index contributed by atoms with van der Waals surface area (Å²) in [5, 5.41) is 6.87. The van der Waals surface area contributed by atoms with Gasteiger partial charge in [-0.25, -0.2) is 4.39 Å². The maximum absolute atomic E-state index is 13.1. The molecule has 1 amide bonds.